The zero-order valence-electron chi connectivity index (χ0n) is 7.89. The largest absolute Gasteiger partial charge is 0.342 e. The molecule has 0 saturated carbocycles. The van der Waals surface area contributed by atoms with Crippen LogP contribution in [-0.4, -0.2) is 36.2 Å². The van der Waals surface area contributed by atoms with Crippen LogP contribution in [0.5, 0.6) is 0 Å². The Bertz CT molecular complexity index is 201. The Kier molecular flexibility index (Phi) is 4.58. The van der Waals surface area contributed by atoms with E-state index in [1.165, 1.54) is 4.90 Å². The second-order valence-electron chi connectivity index (χ2n) is 3.52. The van der Waals surface area contributed by atoms with E-state index in [-0.39, 0.29) is 24.8 Å². The van der Waals surface area contributed by atoms with Gasteiger partial charge in [-0.25, -0.2) is 8.78 Å². The molecule has 0 aromatic heterocycles. The summed E-state index contributed by atoms with van der Waals surface area (Å²) in [5.41, 5.74) is 0. The SMILES string of the molecule is O=C(CCCl)N1CCCC(C(F)F)C1. The standard InChI is InChI=1S/C9H14ClF2NO/c10-4-3-8(14)13-5-1-2-7(6-13)9(11)12/h7,9H,1-6H2. The lowest BCUT2D eigenvalue weighted by Crippen LogP contribution is -2.42. The smallest absolute Gasteiger partial charge is 0.243 e. The average molecular weight is 226 g/mol. The first kappa shape index (κ1) is 11.7. The molecular weight excluding hydrogens is 212 g/mol. The molecule has 1 aliphatic rings. The summed E-state index contributed by atoms with van der Waals surface area (Å²) in [6, 6.07) is 0. The molecule has 0 aliphatic carbocycles. The van der Waals surface area contributed by atoms with Crippen LogP contribution in [0.25, 0.3) is 0 Å². The second kappa shape index (κ2) is 5.49. The fourth-order valence-electron chi connectivity index (χ4n) is 1.68. The molecule has 1 fully saturated rings. The van der Waals surface area contributed by atoms with Gasteiger partial charge in [0.05, 0.1) is 0 Å². The van der Waals surface area contributed by atoms with Crippen molar-refractivity contribution < 1.29 is 13.6 Å². The molecule has 0 N–H and O–H groups in total. The Morgan fingerprint density at radius 2 is 2.29 bits per heavy atom. The molecular formula is C9H14ClF2NO. The zero-order valence-corrected chi connectivity index (χ0v) is 8.64. The number of hydrogen-bond acceptors (Lipinski definition) is 1. The minimum atomic E-state index is -2.32. The maximum atomic E-state index is 12.4. The quantitative estimate of drug-likeness (QED) is 0.674. The van der Waals surface area contributed by atoms with E-state index in [1.807, 2.05) is 0 Å². The molecule has 82 valence electrons. The minimum Gasteiger partial charge on any atom is -0.342 e. The van der Waals surface area contributed by atoms with E-state index < -0.39 is 12.3 Å². The molecule has 0 aromatic rings. The summed E-state index contributed by atoms with van der Waals surface area (Å²) < 4.78 is 24.8. The molecule has 2 nitrogen and oxygen atoms in total. The Morgan fingerprint density at radius 1 is 1.57 bits per heavy atom. The Balaban J connectivity index is 2.43. The predicted molar refractivity (Wildman–Crippen MR) is 50.6 cm³/mol. The van der Waals surface area contributed by atoms with E-state index in [1.54, 1.807) is 0 Å². The first-order valence-electron chi connectivity index (χ1n) is 4.77. The Labute approximate surface area is 87.2 Å². The molecule has 1 atom stereocenters. The van der Waals surface area contributed by atoms with Crippen LogP contribution >= 0.6 is 11.6 Å². The van der Waals surface area contributed by atoms with Crippen LogP contribution in [0.1, 0.15) is 19.3 Å². The summed E-state index contributed by atoms with van der Waals surface area (Å²) in [4.78, 5) is 12.9. The van der Waals surface area contributed by atoms with Crippen LogP contribution in [0, 0.1) is 5.92 Å². The fourth-order valence-corrected chi connectivity index (χ4v) is 1.84. The van der Waals surface area contributed by atoms with Crippen molar-refractivity contribution in [1.29, 1.82) is 0 Å². The lowest BCUT2D eigenvalue weighted by Gasteiger charge is -2.32. The van der Waals surface area contributed by atoms with Gasteiger partial charge < -0.3 is 4.90 Å². The maximum Gasteiger partial charge on any atom is 0.243 e. The fraction of sp³-hybridized carbons (Fsp3) is 0.889. The molecule has 5 heteroatoms. The number of nitrogens with zero attached hydrogens (tertiary/aromatic N) is 1. The van der Waals surface area contributed by atoms with Gasteiger partial charge in [0.2, 0.25) is 12.3 Å². The normalized spacial score (nSPS) is 22.9. The van der Waals surface area contributed by atoms with E-state index in [0.29, 0.717) is 19.4 Å². The van der Waals surface area contributed by atoms with Gasteiger partial charge in [-0.1, -0.05) is 0 Å². The van der Waals surface area contributed by atoms with Gasteiger partial charge in [-0.3, -0.25) is 4.79 Å². The lowest BCUT2D eigenvalue weighted by molar-refractivity contribution is -0.133. The van der Waals surface area contributed by atoms with Gasteiger partial charge in [-0.05, 0) is 12.8 Å². The van der Waals surface area contributed by atoms with Crippen molar-refractivity contribution >= 4 is 17.5 Å². The van der Waals surface area contributed by atoms with Crippen LogP contribution < -0.4 is 0 Å². The highest BCUT2D eigenvalue weighted by Crippen LogP contribution is 2.22. The van der Waals surface area contributed by atoms with Gasteiger partial charge in [-0.15, -0.1) is 11.6 Å². The maximum absolute atomic E-state index is 12.4. The summed E-state index contributed by atoms with van der Waals surface area (Å²) in [6.45, 7) is 0.784. The number of amides is 1. The summed E-state index contributed by atoms with van der Waals surface area (Å²) >= 11 is 5.42. The van der Waals surface area contributed by atoms with Crippen LogP contribution in [0.15, 0.2) is 0 Å². The molecule has 1 amide bonds. The number of likely N-dealkylation sites (tertiary alicyclic amines) is 1. The zero-order chi connectivity index (χ0) is 10.6. The van der Waals surface area contributed by atoms with Crippen LogP contribution in [0.2, 0.25) is 0 Å². The molecule has 1 unspecified atom stereocenters. The molecule has 1 saturated heterocycles. The summed E-state index contributed by atoms with van der Waals surface area (Å²) in [7, 11) is 0. The number of piperidine rings is 1. The van der Waals surface area contributed by atoms with Gasteiger partial charge in [0.15, 0.2) is 0 Å². The van der Waals surface area contributed by atoms with Crippen molar-refractivity contribution in [2.24, 2.45) is 5.92 Å². The van der Waals surface area contributed by atoms with Crippen molar-refractivity contribution in [3.8, 4) is 0 Å². The Hall–Kier alpha value is -0.380. The number of carbonyl (C=O) groups excluding carboxylic acids is 1. The van der Waals surface area contributed by atoms with E-state index in [9.17, 15) is 13.6 Å². The van der Waals surface area contributed by atoms with Gasteiger partial charge >= 0.3 is 0 Å². The van der Waals surface area contributed by atoms with Crippen molar-refractivity contribution in [3.05, 3.63) is 0 Å². The molecule has 1 rings (SSSR count). The van der Waals surface area contributed by atoms with E-state index in [4.69, 9.17) is 11.6 Å². The number of carbonyl (C=O) groups is 1. The highest BCUT2D eigenvalue weighted by Gasteiger charge is 2.28. The number of rotatable bonds is 3. The molecule has 0 spiro atoms. The van der Waals surface area contributed by atoms with Crippen LogP contribution in [-0.2, 0) is 4.79 Å². The Morgan fingerprint density at radius 3 is 2.86 bits per heavy atom. The summed E-state index contributed by atoms with van der Waals surface area (Å²) in [6.07, 6.45) is -0.885. The molecule has 0 radical (unpaired) electrons. The van der Waals surface area contributed by atoms with E-state index >= 15 is 0 Å². The summed E-state index contributed by atoms with van der Waals surface area (Å²) in [5, 5.41) is 0. The van der Waals surface area contributed by atoms with Crippen molar-refractivity contribution in [1.82, 2.24) is 4.90 Å². The third-order valence-corrected chi connectivity index (χ3v) is 2.66. The van der Waals surface area contributed by atoms with Crippen LogP contribution in [0.3, 0.4) is 0 Å². The van der Waals surface area contributed by atoms with E-state index in [0.717, 1.165) is 0 Å². The molecule has 0 aromatic carbocycles. The van der Waals surface area contributed by atoms with Crippen molar-refractivity contribution in [2.45, 2.75) is 25.7 Å². The second-order valence-corrected chi connectivity index (χ2v) is 3.89. The lowest BCUT2D eigenvalue weighted by atomic mass is 9.98. The van der Waals surface area contributed by atoms with Gasteiger partial charge in [0.1, 0.15) is 0 Å². The average Bonchev–Trinajstić information content (AvgIpc) is 2.18. The molecule has 14 heavy (non-hydrogen) atoms. The first-order chi connectivity index (χ1) is 6.65. The van der Waals surface area contributed by atoms with Crippen LogP contribution in [0.4, 0.5) is 8.78 Å². The van der Waals surface area contributed by atoms with Gasteiger partial charge in [0, 0.05) is 31.3 Å². The van der Waals surface area contributed by atoms with Crippen molar-refractivity contribution in [2.75, 3.05) is 19.0 Å². The van der Waals surface area contributed by atoms with E-state index in [2.05, 4.69) is 0 Å². The molecule has 1 heterocycles. The first-order valence-corrected chi connectivity index (χ1v) is 5.30. The minimum absolute atomic E-state index is 0.106. The van der Waals surface area contributed by atoms with Crippen molar-refractivity contribution in [3.63, 3.8) is 0 Å². The highest BCUT2D eigenvalue weighted by molar-refractivity contribution is 6.18. The van der Waals surface area contributed by atoms with Gasteiger partial charge in [-0.2, -0.15) is 0 Å². The third kappa shape index (κ3) is 3.08. The molecule has 1 aliphatic heterocycles. The highest BCUT2D eigenvalue weighted by atomic mass is 35.5. The third-order valence-electron chi connectivity index (χ3n) is 2.48. The number of alkyl halides is 3. The number of halogens is 3. The van der Waals surface area contributed by atoms with Gasteiger partial charge in [0.25, 0.3) is 0 Å². The molecule has 0 bridgehead atoms. The summed E-state index contributed by atoms with van der Waals surface area (Å²) in [5.74, 6) is -0.498. The topological polar surface area (TPSA) is 20.3 Å². The predicted octanol–water partition coefficient (Wildman–Crippen LogP) is 2.12. The number of hydrogen-bond donors (Lipinski definition) is 0. The monoisotopic (exact) mass is 225 g/mol.